The number of nitrogens with zero attached hydrogens (tertiary/aromatic N) is 2. The molecule has 0 radical (unpaired) electrons. The fraction of sp³-hybridized carbons (Fsp3) is 0.690. The first-order valence-corrected chi connectivity index (χ1v) is 14.2. The zero-order valence-electron chi connectivity index (χ0n) is 22.8. The Morgan fingerprint density at radius 2 is 1.86 bits per heavy atom. The minimum atomic E-state index is -0.618. The molecule has 3 rings (SSSR count). The van der Waals surface area contributed by atoms with Crippen molar-refractivity contribution in [2.24, 2.45) is 17.3 Å². The van der Waals surface area contributed by atoms with Gasteiger partial charge in [-0.3, -0.25) is 14.5 Å². The number of thiophene rings is 1. The SMILES string of the molecule is CCCN1CCCCC(N(c2cc(C#CC(C)(C)C)sc2C(=O)OC)C(=O)[C@H]2CC[C@H](C)CC2)C1=O. The Balaban J connectivity index is 2.12. The summed E-state index contributed by atoms with van der Waals surface area (Å²) in [4.78, 5) is 45.5. The molecule has 2 aliphatic rings. The smallest absolute Gasteiger partial charge is 0.350 e. The van der Waals surface area contributed by atoms with Crippen molar-refractivity contribution in [3.63, 3.8) is 0 Å². The van der Waals surface area contributed by atoms with Gasteiger partial charge in [0, 0.05) is 24.4 Å². The van der Waals surface area contributed by atoms with Gasteiger partial charge < -0.3 is 9.64 Å². The zero-order valence-corrected chi connectivity index (χ0v) is 23.6. The number of hydrogen-bond donors (Lipinski definition) is 0. The third-order valence-corrected chi connectivity index (χ3v) is 8.08. The largest absolute Gasteiger partial charge is 0.465 e. The maximum Gasteiger partial charge on any atom is 0.350 e. The maximum atomic E-state index is 14.2. The molecule has 1 aliphatic heterocycles. The topological polar surface area (TPSA) is 66.9 Å². The Bertz CT molecular complexity index is 1000. The van der Waals surface area contributed by atoms with Crippen LogP contribution in [0.5, 0.6) is 0 Å². The molecule has 1 saturated heterocycles. The molecule has 0 aromatic carbocycles. The Morgan fingerprint density at radius 1 is 1.17 bits per heavy atom. The highest BCUT2D eigenvalue weighted by Gasteiger charge is 2.40. The monoisotopic (exact) mass is 514 g/mol. The summed E-state index contributed by atoms with van der Waals surface area (Å²) in [7, 11) is 1.35. The minimum absolute atomic E-state index is 0.0174. The van der Waals surface area contributed by atoms with E-state index >= 15 is 0 Å². The van der Waals surface area contributed by atoms with Gasteiger partial charge in [0.15, 0.2) is 0 Å². The van der Waals surface area contributed by atoms with Crippen molar-refractivity contribution < 1.29 is 19.1 Å². The molecule has 1 atom stereocenters. The summed E-state index contributed by atoms with van der Waals surface area (Å²) in [6, 6.07) is 1.20. The molecular weight excluding hydrogens is 472 g/mol. The average Bonchev–Trinajstić information content (AvgIpc) is 3.18. The van der Waals surface area contributed by atoms with Crippen molar-refractivity contribution in [2.75, 3.05) is 25.1 Å². The van der Waals surface area contributed by atoms with E-state index in [0.29, 0.717) is 40.9 Å². The van der Waals surface area contributed by atoms with Crippen molar-refractivity contribution in [2.45, 2.75) is 92.0 Å². The fourth-order valence-corrected chi connectivity index (χ4v) is 5.99. The highest BCUT2D eigenvalue weighted by molar-refractivity contribution is 7.15. The molecule has 0 spiro atoms. The Hall–Kier alpha value is -2.33. The number of likely N-dealkylation sites (tertiary alicyclic amines) is 1. The van der Waals surface area contributed by atoms with Gasteiger partial charge in [0.05, 0.1) is 17.7 Å². The number of anilines is 1. The van der Waals surface area contributed by atoms with Crippen LogP contribution in [0, 0.1) is 29.1 Å². The lowest BCUT2D eigenvalue weighted by Crippen LogP contribution is -2.52. The van der Waals surface area contributed by atoms with E-state index in [9.17, 15) is 14.4 Å². The summed E-state index contributed by atoms with van der Waals surface area (Å²) < 4.78 is 5.11. The molecular formula is C29H42N2O4S. The van der Waals surface area contributed by atoms with Gasteiger partial charge in [-0.1, -0.05) is 25.7 Å². The van der Waals surface area contributed by atoms with Crippen molar-refractivity contribution >= 4 is 34.8 Å². The van der Waals surface area contributed by atoms with Crippen molar-refractivity contribution in [3.05, 3.63) is 15.8 Å². The Kier molecular flexibility index (Phi) is 9.63. The first-order chi connectivity index (χ1) is 17.1. The molecule has 7 heteroatoms. The highest BCUT2D eigenvalue weighted by atomic mass is 32.1. The number of methoxy groups -OCH3 is 1. The van der Waals surface area contributed by atoms with Gasteiger partial charge in [-0.15, -0.1) is 11.3 Å². The normalized spacial score (nSPS) is 22.9. The van der Waals surface area contributed by atoms with E-state index in [0.717, 1.165) is 44.9 Å². The van der Waals surface area contributed by atoms with Crippen LogP contribution < -0.4 is 4.90 Å². The second kappa shape index (κ2) is 12.3. The minimum Gasteiger partial charge on any atom is -0.465 e. The molecule has 6 nitrogen and oxygen atoms in total. The van der Waals surface area contributed by atoms with E-state index in [1.165, 1.54) is 18.4 Å². The molecule has 1 aromatic rings. The predicted molar refractivity (Wildman–Crippen MR) is 145 cm³/mol. The van der Waals surface area contributed by atoms with Gasteiger partial charge in [-0.05, 0) is 84.1 Å². The lowest BCUT2D eigenvalue weighted by atomic mass is 9.82. The number of amides is 2. The summed E-state index contributed by atoms with van der Waals surface area (Å²) in [5.74, 6) is 6.31. The van der Waals surface area contributed by atoms with Crippen LogP contribution in [0.2, 0.25) is 0 Å². The standard InChI is InChI=1S/C29H42N2O4S/c1-7-17-30-18-9-8-10-23(27(30)33)31(26(32)21-13-11-20(2)12-14-21)24-19-22(15-16-29(3,4)5)36-25(24)28(34)35-6/h19-21,23H,7-14,17-18H2,1-6H3/t20-,21-,23?. The molecule has 1 unspecified atom stereocenters. The average molecular weight is 515 g/mol. The molecule has 2 heterocycles. The first-order valence-electron chi connectivity index (χ1n) is 13.4. The van der Waals surface area contributed by atoms with Crippen molar-refractivity contribution in [1.29, 1.82) is 0 Å². The number of rotatable bonds is 6. The number of ether oxygens (including phenoxy) is 1. The lowest BCUT2D eigenvalue weighted by Gasteiger charge is -2.36. The summed E-state index contributed by atoms with van der Waals surface area (Å²) in [6.07, 6.45) is 6.85. The second-order valence-electron chi connectivity index (χ2n) is 11.3. The van der Waals surface area contributed by atoms with E-state index in [2.05, 4.69) is 25.7 Å². The molecule has 2 fully saturated rings. The predicted octanol–water partition coefficient (Wildman–Crippen LogP) is 5.88. The molecule has 0 bridgehead atoms. The van der Waals surface area contributed by atoms with E-state index in [4.69, 9.17) is 4.74 Å². The number of carbonyl (C=O) groups is 3. The van der Waals surface area contributed by atoms with Gasteiger partial charge in [0.25, 0.3) is 0 Å². The van der Waals surface area contributed by atoms with Crippen LogP contribution in [0.1, 0.15) is 101 Å². The molecule has 36 heavy (non-hydrogen) atoms. The second-order valence-corrected chi connectivity index (χ2v) is 12.4. The molecule has 1 saturated carbocycles. The molecule has 198 valence electrons. The maximum absolute atomic E-state index is 14.2. The molecule has 1 aliphatic carbocycles. The molecule has 0 N–H and O–H groups in total. The highest BCUT2D eigenvalue weighted by Crippen LogP contribution is 2.38. The van der Waals surface area contributed by atoms with Crippen LogP contribution in [0.15, 0.2) is 6.07 Å². The summed E-state index contributed by atoms with van der Waals surface area (Å²) >= 11 is 1.24. The Labute approximate surface area is 220 Å². The van der Waals surface area contributed by atoms with E-state index < -0.39 is 12.0 Å². The van der Waals surface area contributed by atoms with Crippen LogP contribution in [0.4, 0.5) is 5.69 Å². The van der Waals surface area contributed by atoms with Gasteiger partial charge in [0.2, 0.25) is 11.8 Å². The van der Waals surface area contributed by atoms with Crippen LogP contribution >= 0.6 is 11.3 Å². The number of esters is 1. The first kappa shape index (κ1) is 28.2. The third kappa shape index (κ3) is 6.91. The van der Waals surface area contributed by atoms with E-state index in [1.54, 1.807) is 4.90 Å². The number of hydrogen-bond acceptors (Lipinski definition) is 5. The van der Waals surface area contributed by atoms with Gasteiger partial charge in [-0.2, -0.15) is 0 Å². The summed E-state index contributed by atoms with van der Waals surface area (Å²) in [5, 5.41) is 0. The van der Waals surface area contributed by atoms with Gasteiger partial charge >= 0.3 is 5.97 Å². The Morgan fingerprint density at radius 3 is 2.47 bits per heavy atom. The van der Waals surface area contributed by atoms with Crippen LogP contribution in [0.3, 0.4) is 0 Å². The van der Waals surface area contributed by atoms with Crippen LogP contribution in [-0.4, -0.2) is 48.9 Å². The fourth-order valence-electron chi connectivity index (χ4n) is 5.07. The summed E-state index contributed by atoms with van der Waals surface area (Å²) in [6.45, 7) is 11.8. The van der Waals surface area contributed by atoms with E-state index in [1.807, 2.05) is 31.7 Å². The number of carbonyl (C=O) groups excluding carboxylic acids is 3. The van der Waals surface area contributed by atoms with Crippen molar-refractivity contribution in [1.82, 2.24) is 4.90 Å². The zero-order chi connectivity index (χ0) is 26.5. The quantitative estimate of drug-likeness (QED) is 0.351. The molecule has 2 amide bonds. The summed E-state index contributed by atoms with van der Waals surface area (Å²) in [5.41, 5.74) is 0.271. The third-order valence-electron chi connectivity index (χ3n) is 7.06. The van der Waals surface area contributed by atoms with Crippen LogP contribution in [-0.2, 0) is 14.3 Å². The van der Waals surface area contributed by atoms with E-state index in [-0.39, 0.29) is 23.1 Å². The van der Waals surface area contributed by atoms with Crippen molar-refractivity contribution in [3.8, 4) is 11.8 Å². The van der Waals surface area contributed by atoms with Gasteiger partial charge in [0.1, 0.15) is 10.9 Å². The van der Waals surface area contributed by atoms with Crippen LogP contribution in [0.25, 0.3) is 0 Å². The lowest BCUT2D eigenvalue weighted by molar-refractivity contribution is -0.135. The van der Waals surface area contributed by atoms with Gasteiger partial charge in [-0.25, -0.2) is 4.79 Å². The molecule has 1 aromatic heterocycles.